The van der Waals surface area contributed by atoms with Gasteiger partial charge in [0, 0.05) is 35.9 Å². The van der Waals surface area contributed by atoms with E-state index in [2.05, 4.69) is 29.1 Å². The molecule has 1 aliphatic heterocycles. The zero-order valence-corrected chi connectivity index (χ0v) is 18.3. The molecule has 3 heterocycles. The number of nitrogens with zero attached hydrogens (tertiary/aromatic N) is 4. The third-order valence-corrected chi connectivity index (χ3v) is 6.52. The molecule has 164 valence electrons. The maximum absolute atomic E-state index is 12.8. The average Bonchev–Trinajstić information content (AvgIpc) is 3.44. The summed E-state index contributed by atoms with van der Waals surface area (Å²) in [5, 5.41) is 15.1. The highest BCUT2D eigenvalue weighted by Crippen LogP contribution is 2.22. The maximum atomic E-state index is 12.8. The van der Waals surface area contributed by atoms with E-state index in [4.69, 9.17) is 0 Å². The van der Waals surface area contributed by atoms with Gasteiger partial charge in [0.25, 0.3) is 5.56 Å². The standard InChI is InChI=1S/C26H28N4O2/c1-19-4-6-20(7-5-19)21-10-12-29(26(32)16-21)23-8-9-25-22(15-23)17-27-30(25)14-13-28-11-2-3-24(28)18-31/h4-10,12,15-17,24,31H,2-3,11,13-14,18H2,1H3/t24-/m0/s1. The number of aryl methyl sites for hydroxylation is 1. The number of benzene rings is 2. The fourth-order valence-corrected chi connectivity index (χ4v) is 4.64. The van der Waals surface area contributed by atoms with Crippen molar-refractivity contribution in [1.29, 1.82) is 0 Å². The van der Waals surface area contributed by atoms with E-state index in [0.717, 1.165) is 60.2 Å². The molecule has 6 heteroatoms. The SMILES string of the molecule is Cc1ccc(-c2ccn(-c3ccc4c(cnn4CCN4CCC[C@H]4CO)c3)c(=O)c2)cc1. The quantitative estimate of drug-likeness (QED) is 0.510. The van der Waals surface area contributed by atoms with Gasteiger partial charge in [-0.1, -0.05) is 29.8 Å². The number of likely N-dealkylation sites (tertiary alicyclic amines) is 1. The van der Waals surface area contributed by atoms with Crippen LogP contribution in [0.1, 0.15) is 18.4 Å². The molecular formula is C26H28N4O2. The summed E-state index contributed by atoms with van der Waals surface area (Å²) in [6, 6.07) is 18.2. The predicted octanol–water partition coefficient (Wildman–Crippen LogP) is 3.62. The van der Waals surface area contributed by atoms with E-state index < -0.39 is 0 Å². The van der Waals surface area contributed by atoms with Crippen LogP contribution in [0.15, 0.2) is 71.8 Å². The van der Waals surface area contributed by atoms with Crippen LogP contribution in [0.4, 0.5) is 0 Å². The van der Waals surface area contributed by atoms with Crippen LogP contribution in [0.3, 0.4) is 0 Å². The number of pyridine rings is 1. The number of fused-ring (bicyclic) bond motifs is 1. The molecule has 32 heavy (non-hydrogen) atoms. The molecule has 2 aromatic heterocycles. The molecule has 0 unspecified atom stereocenters. The fraction of sp³-hybridized carbons (Fsp3) is 0.308. The van der Waals surface area contributed by atoms with Crippen molar-refractivity contribution in [2.24, 2.45) is 0 Å². The van der Waals surface area contributed by atoms with E-state index in [1.54, 1.807) is 10.6 Å². The Bertz CT molecular complexity index is 1290. The van der Waals surface area contributed by atoms with Crippen LogP contribution in [0, 0.1) is 6.92 Å². The van der Waals surface area contributed by atoms with Gasteiger partial charge in [0.2, 0.25) is 0 Å². The Labute approximate surface area is 187 Å². The first-order valence-corrected chi connectivity index (χ1v) is 11.2. The summed E-state index contributed by atoms with van der Waals surface area (Å²) in [4.78, 5) is 15.2. The van der Waals surface area contributed by atoms with E-state index in [-0.39, 0.29) is 18.2 Å². The highest BCUT2D eigenvalue weighted by Gasteiger charge is 2.23. The average molecular weight is 429 g/mol. The van der Waals surface area contributed by atoms with Crippen molar-refractivity contribution in [3.8, 4) is 16.8 Å². The second kappa shape index (κ2) is 8.73. The van der Waals surface area contributed by atoms with Crippen LogP contribution in [-0.4, -0.2) is 50.1 Å². The smallest absolute Gasteiger partial charge is 0.255 e. The molecule has 1 fully saturated rings. The number of aromatic nitrogens is 3. The molecule has 0 saturated carbocycles. The van der Waals surface area contributed by atoms with Crippen LogP contribution in [0.5, 0.6) is 0 Å². The normalized spacial score (nSPS) is 16.8. The number of hydrogen-bond acceptors (Lipinski definition) is 4. The van der Waals surface area contributed by atoms with Crippen LogP contribution >= 0.6 is 0 Å². The zero-order valence-electron chi connectivity index (χ0n) is 18.3. The summed E-state index contributed by atoms with van der Waals surface area (Å²) in [7, 11) is 0. The van der Waals surface area contributed by atoms with Crippen molar-refractivity contribution in [3.63, 3.8) is 0 Å². The van der Waals surface area contributed by atoms with E-state index >= 15 is 0 Å². The topological polar surface area (TPSA) is 63.3 Å². The second-order valence-corrected chi connectivity index (χ2v) is 8.62. The lowest BCUT2D eigenvalue weighted by atomic mass is 10.1. The molecule has 0 aliphatic carbocycles. The van der Waals surface area contributed by atoms with Crippen LogP contribution < -0.4 is 5.56 Å². The molecule has 0 amide bonds. The molecule has 5 rings (SSSR count). The minimum atomic E-state index is -0.0566. The van der Waals surface area contributed by atoms with E-state index in [1.165, 1.54) is 5.56 Å². The van der Waals surface area contributed by atoms with E-state index in [1.807, 2.05) is 53.5 Å². The van der Waals surface area contributed by atoms with Crippen LogP contribution in [0.25, 0.3) is 27.7 Å². The molecule has 0 spiro atoms. The molecule has 1 N–H and O–H groups in total. The highest BCUT2D eigenvalue weighted by atomic mass is 16.3. The van der Waals surface area contributed by atoms with Gasteiger partial charge in [-0.05, 0) is 61.7 Å². The van der Waals surface area contributed by atoms with Gasteiger partial charge < -0.3 is 5.11 Å². The first-order chi connectivity index (χ1) is 15.6. The Hall–Kier alpha value is -3.22. The molecule has 4 aromatic rings. The van der Waals surface area contributed by atoms with Crippen LogP contribution in [0.2, 0.25) is 0 Å². The number of rotatable bonds is 6. The highest BCUT2D eigenvalue weighted by molar-refractivity contribution is 5.81. The molecule has 0 bridgehead atoms. The monoisotopic (exact) mass is 428 g/mol. The Kier molecular flexibility index (Phi) is 5.64. The van der Waals surface area contributed by atoms with Gasteiger partial charge in [0.15, 0.2) is 0 Å². The minimum absolute atomic E-state index is 0.0566. The summed E-state index contributed by atoms with van der Waals surface area (Å²) in [6.07, 6.45) is 5.91. The van der Waals surface area contributed by atoms with Crippen molar-refractivity contribution >= 4 is 10.9 Å². The molecular weight excluding hydrogens is 400 g/mol. The first-order valence-electron chi connectivity index (χ1n) is 11.2. The van der Waals surface area contributed by atoms with Gasteiger partial charge >= 0.3 is 0 Å². The Morgan fingerprint density at radius 2 is 1.88 bits per heavy atom. The molecule has 6 nitrogen and oxygen atoms in total. The van der Waals surface area contributed by atoms with E-state index in [0.29, 0.717) is 0 Å². The van der Waals surface area contributed by atoms with Gasteiger partial charge in [0.05, 0.1) is 24.9 Å². The molecule has 1 aliphatic rings. The third-order valence-electron chi connectivity index (χ3n) is 6.52. The summed E-state index contributed by atoms with van der Waals surface area (Å²) in [5.74, 6) is 0. The predicted molar refractivity (Wildman–Crippen MR) is 127 cm³/mol. The third kappa shape index (κ3) is 3.99. The van der Waals surface area contributed by atoms with E-state index in [9.17, 15) is 9.90 Å². The summed E-state index contributed by atoms with van der Waals surface area (Å²) < 4.78 is 3.68. The zero-order chi connectivity index (χ0) is 22.1. The van der Waals surface area contributed by atoms with Crippen LogP contribution in [-0.2, 0) is 6.54 Å². The molecule has 0 radical (unpaired) electrons. The lowest BCUT2D eigenvalue weighted by Gasteiger charge is -2.22. The van der Waals surface area contributed by atoms with Gasteiger partial charge in [-0.15, -0.1) is 0 Å². The summed E-state index contributed by atoms with van der Waals surface area (Å²) >= 11 is 0. The van der Waals surface area contributed by atoms with Crippen molar-refractivity contribution in [1.82, 2.24) is 19.2 Å². The molecule has 1 saturated heterocycles. The maximum Gasteiger partial charge on any atom is 0.255 e. The first kappa shape index (κ1) is 20.7. The lowest BCUT2D eigenvalue weighted by Crippen LogP contribution is -2.34. The summed E-state index contributed by atoms with van der Waals surface area (Å²) in [6.45, 7) is 4.98. The van der Waals surface area contributed by atoms with Crippen molar-refractivity contribution in [3.05, 3.63) is 82.9 Å². The van der Waals surface area contributed by atoms with Crippen molar-refractivity contribution in [2.75, 3.05) is 19.7 Å². The number of aliphatic hydroxyl groups is 1. The minimum Gasteiger partial charge on any atom is -0.395 e. The van der Waals surface area contributed by atoms with Gasteiger partial charge in [-0.3, -0.25) is 18.9 Å². The molecule has 1 atom stereocenters. The lowest BCUT2D eigenvalue weighted by molar-refractivity contribution is 0.154. The van der Waals surface area contributed by atoms with Gasteiger partial charge in [-0.2, -0.15) is 5.10 Å². The number of hydrogen-bond donors (Lipinski definition) is 1. The Morgan fingerprint density at radius 1 is 1.03 bits per heavy atom. The van der Waals surface area contributed by atoms with Gasteiger partial charge in [0.1, 0.15) is 0 Å². The van der Waals surface area contributed by atoms with Gasteiger partial charge in [-0.25, -0.2) is 0 Å². The fourth-order valence-electron chi connectivity index (χ4n) is 4.64. The Balaban J connectivity index is 1.37. The second-order valence-electron chi connectivity index (χ2n) is 8.62. The largest absolute Gasteiger partial charge is 0.395 e. The summed E-state index contributed by atoms with van der Waals surface area (Å²) in [5.41, 5.74) is 4.99. The molecule has 2 aromatic carbocycles. The Morgan fingerprint density at radius 3 is 2.66 bits per heavy atom. The number of aliphatic hydroxyl groups excluding tert-OH is 1. The van der Waals surface area contributed by atoms with Crippen molar-refractivity contribution < 1.29 is 5.11 Å². The van der Waals surface area contributed by atoms with Crippen molar-refractivity contribution in [2.45, 2.75) is 32.4 Å².